The summed E-state index contributed by atoms with van der Waals surface area (Å²) in [5.41, 5.74) is 7.21. The van der Waals surface area contributed by atoms with Gasteiger partial charge in [0.2, 0.25) is 11.8 Å². The van der Waals surface area contributed by atoms with E-state index in [2.05, 4.69) is 15.0 Å². The topological polar surface area (TPSA) is 88.1 Å². The first-order valence-electron chi connectivity index (χ1n) is 5.70. The third-order valence-corrected chi connectivity index (χ3v) is 2.84. The van der Waals surface area contributed by atoms with Crippen molar-refractivity contribution in [1.82, 2.24) is 19.5 Å². The van der Waals surface area contributed by atoms with E-state index >= 15 is 0 Å². The number of ether oxygens (including phenoxy) is 2. The molecule has 0 bridgehead atoms. The number of fused-ring (bicyclic) bond motifs is 1. The molecule has 0 amide bonds. The molecule has 0 aliphatic heterocycles. The Morgan fingerprint density at radius 3 is 2.83 bits per heavy atom. The van der Waals surface area contributed by atoms with Crippen LogP contribution in [0.25, 0.3) is 11.2 Å². The predicted octanol–water partition coefficient (Wildman–Crippen LogP) is 1.01. The number of nitrogens with two attached hydrogens (primary N) is 1. The maximum Gasteiger partial charge on any atom is 0.245 e. The largest absolute Gasteiger partial charge is 0.479 e. The van der Waals surface area contributed by atoms with Gasteiger partial charge in [0.25, 0.3) is 0 Å². The third kappa shape index (κ3) is 2.08. The van der Waals surface area contributed by atoms with Crippen LogP contribution in [0, 0.1) is 0 Å². The van der Waals surface area contributed by atoms with E-state index in [0.29, 0.717) is 29.6 Å². The van der Waals surface area contributed by atoms with Crippen LogP contribution in [0.5, 0.6) is 5.88 Å². The van der Waals surface area contributed by atoms with E-state index in [9.17, 15) is 0 Å². The number of imidazole rings is 1. The van der Waals surface area contributed by atoms with Crippen molar-refractivity contribution in [3.05, 3.63) is 6.33 Å². The van der Waals surface area contributed by atoms with Crippen LogP contribution < -0.4 is 10.5 Å². The highest BCUT2D eigenvalue weighted by molar-refractivity contribution is 5.79. The second kappa shape index (κ2) is 5.18. The van der Waals surface area contributed by atoms with Gasteiger partial charge in [-0.1, -0.05) is 0 Å². The number of nitrogens with zero attached hydrogens (tertiary/aromatic N) is 4. The molecule has 1 unspecified atom stereocenters. The van der Waals surface area contributed by atoms with Crippen LogP contribution in [0.1, 0.15) is 19.4 Å². The molecule has 0 aliphatic rings. The SMILES string of the molecule is COCCC(C)n1c(N)nc2c(OC)ncnc21. The highest BCUT2D eigenvalue weighted by atomic mass is 16.5. The van der Waals surface area contributed by atoms with Gasteiger partial charge in [0.05, 0.1) is 7.11 Å². The second-order valence-electron chi connectivity index (χ2n) is 4.03. The first-order chi connectivity index (χ1) is 8.69. The lowest BCUT2D eigenvalue weighted by atomic mass is 10.2. The molecule has 2 aromatic rings. The summed E-state index contributed by atoms with van der Waals surface area (Å²) >= 11 is 0. The Morgan fingerprint density at radius 1 is 1.39 bits per heavy atom. The van der Waals surface area contributed by atoms with Crippen LogP contribution >= 0.6 is 0 Å². The summed E-state index contributed by atoms with van der Waals surface area (Å²) in [6.45, 7) is 2.70. The molecular formula is C11H17N5O2. The van der Waals surface area contributed by atoms with Gasteiger partial charge in [-0.05, 0) is 13.3 Å². The molecule has 2 aromatic heterocycles. The van der Waals surface area contributed by atoms with Crippen LogP contribution in [0.4, 0.5) is 5.95 Å². The monoisotopic (exact) mass is 251 g/mol. The molecule has 0 aromatic carbocycles. The first kappa shape index (κ1) is 12.6. The van der Waals surface area contributed by atoms with Gasteiger partial charge in [0.1, 0.15) is 6.33 Å². The van der Waals surface area contributed by atoms with Gasteiger partial charge >= 0.3 is 0 Å². The number of aromatic nitrogens is 4. The molecule has 0 saturated carbocycles. The number of rotatable bonds is 5. The van der Waals surface area contributed by atoms with Crippen molar-refractivity contribution in [1.29, 1.82) is 0 Å². The van der Waals surface area contributed by atoms with Crippen LogP contribution in [0.2, 0.25) is 0 Å². The van der Waals surface area contributed by atoms with Crippen molar-refractivity contribution in [2.24, 2.45) is 0 Å². The van der Waals surface area contributed by atoms with Crippen molar-refractivity contribution in [2.75, 3.05) is 26.6 Å². The second-order valence-corrected chi connectivity index (χ2v) is 4.03. The molecule has 1 atom stereocenters. The lowest BCUT2D eigenvalue weighted by Crippen LogP contribution is -2.11. The number of methoxy groups -OCH3 is 2. The Bertz CT molecular complexity index is 539. The van der Waals surface area contributed by atoms with Gasteiger partial charge in [-0.3, -0.25) is 4.57 Å². The molecule has 7 heteroatoms. The Morgan fingerprint density at radius 2 is 2.17 bits per heavy atom. The van der Waals surface area contributed by atoms with Crippen LogP contribution in [0.15, 0.2) is 6.33 Å². The number of hydrogen-bond donors (Lipinski definition) is 1. The summed E-state index contributed by atoms with van der Waals surface area (Å²) in [5.74, 6) is 0.844. The smallest absolute Gasteiger partial charge is 0.245 e. The third-order valence-electron chi connectivity index (χ3n) is 2.84. The summed E-state index contributed by atoms with van der Waals surface area (Å²) in [7, 11) is 3.22. The molecular weight excluding hydrogens is 234 g/mol. The molecule has 0 radical (unpaired) electrons. The molecule has 2 heterocycles. The van der Waals surface area contributed by atoms with Gasteiger partial charge in [0.15, 0.2) is 11.2 Å². The molecule has 0 spiro atoms. The minimum Gasteiger partial charge on any atom is -0.479 e. The molecule has 2 rings (SSSR count). The molecule has 0 aliphatic carbocycles. The van der Waals surface area contributed by atoms with Crippen molar-refractivity contribution < 1.29 is 9.47 Å². The number of anilines is 1. The lowest BCUT2D eigenvalue weighted by Gasteiger charge is -2.14. The molecule has 0 saturated heterocycles. The highest BCUT2D eigenvalue weighted by Gasteiger charge is 2.18. The number of hydrogen-bond acceptors (Lipinski definition) is 6. The summed E-state index contributed by atoms with van der Waals surface area (Å²) in [4.78, 5) is 12.5. The summed E-state index contributed by atoms with van der Waals surface area (Å²) in [6.07, 6.45) is 2.28. The van der Waals surface area contributed by atoms with Gasteiger partial charge in [-0.2, -0.15) is 4.98 Å². The van der Waals surface area contributed by atoms with Crippen LogP contribution in [-0.4, -0.2) is 40.3 Å². The van der Waals surface area contributed by atoms with Gasteiger partial charge < -0.3 is 15.2 Å². The Balaban J connectivity index is 2.47. The maximum atomic E-state index is 5.94. The van der Waals surface area contributed by atoms with E-state index in [0.717, 1.165) is 6.42 Å². The highest BCUT2D eigenvalue weighted by Crippen LogP contribution is 2.27. The molecule has 98 valence electrons. The maximum absolute atomic E-state index is 5.94. The molecule has 18 heavy (non-hydrogen) atoms. The standard InChI is InChI=1S/C11H17N5O2/c1-7(4-5-17-2)16-9-8(15-11(16)12)10(18-3)14-6-13-9/h6-7H,4-5H2,1-3H3,(H2,12,15). The zero-order valence-corrected chi connectivity index (χ0v) is 10.8. The fourth-order valence-corrected chi connectivity index (χ4v) is 1.91. The Kier molecular flexibility index (Phi) is 3.61. The van der Waals surface area contributed by atoms with Crippen LogP contribution in [0.3, 0.4) is 0 Å². The average molecular weight is 251 g/mol. The molecule has 0 fully saturated rings. The van der Waals surface area contributed by atoms with E-state index in [1.54, 1.807) is 14.2 Å². The Hall–Kier alpha value is -1.89. The quantitative estimate of drug-likeness (QED) is 0.853. The summed E-state index contributed by atoms with van der Waals surface area (Å²) < 4.78 is 12.1. The van der Waals surface area contributed by atoms with Crippen molar-refractivity contribution >= 4 is 17.1 Å². The van der Waals surface area contributed by atoms with Crippen molar-refractivity contribution in [2.45, 2.75) is 19.4 Å². The van der Waals surface area contributed by atoms with E-state index in [4.69, 9.17) is 15.2 Å². The zero-order valence-electron chi connectivity index (χ0n) is 10.8. The fraction of sp³-hybridized carbons (Fsp3) is 0.545. The zero-order chi connectivity index (χ0) is 13.1. The normalized spacial score (nSPS) is 12.8. The average Bonchev–Trinajstić information content (AvgIpc) is 2.71. The van der Waals surface area contributed by atoms with E-state index in [1.165, 1.54) is 6.33 Å². The van der Waals surface area contributed by atoms with E-state index in [1.807, 2.05) is 11.5 Å². The Labute approximate surface area is 105 Å². The van der Waals surface area contributed by atoms with E-state index < -0.39 is 0 Å². The minimum atomic E-state index is 0.148. The molecule has 7 nitrogen and oxygen atoms in total. The first-order valence-corrected chi connectivity index (χ1v) is 5.70. The van der Waals surface area contributed by atoms with E-state index in [-0.39, 0.29) is 6.04 Å². The van der Waals surface area contributed by atoms with Crippen molar-refractivity contribution in [3.8, 4) is 5.88 Å². The predicted molar refractivity (Wildman–Crippen MR) is 67.5 cm³/mol. The summed E-state index contributed by atoms with van der Waals surface area (Å²) in [6, 6.07) is 0.148. The summed E-state index contributed by atoms with van der Waals surface area (Å²) in [5, 5.41) is 0. The lowest BCUT2D eigenvalue weighted by molar-refractivity contribution is 0.182. The fourth-order valence-electron chi connectivity index (χ4n) is 1.91. The van der Waals surface area contributed by atoms with Gasteiger partial charge in [0, 0.05) is 19.8 Å². The number of nitrogen functional groups attached to an aromatic ring is 1. The van der Waals surface area contributed by atoms with Crippen LogP contribution in [-0.2, 0) is 4.74 Å². The van der Waals surface area contributed by atoms with Crippen molar-refractivity contribution in [3.63, 3.8) is 0 Å². The minimum absolute atomic E-state index is 0.148. The van der Waals surface area contributed by atoms with Gasteiger partial charge in [-0.15, -0.1) is 0 Å². The van der Waals surface area contributed by atoms with Gasteiger partial charge in [-0.25, -0.2) is 9.97 Å². The molecule has 2 N–H and O–H groups in total.